The summed E-state index contributed by atoms with van der Waals surface area (Å²) in [5.74, 6) is 0. The Balaban J connectivity index is 1.79. The van der Waals surface area contributed by atoms with Crippen LogP contribution in [0.3, 0.4) is 0 Å². The SMILES string of the molecule is O=c1c2ccccc2[s+](-c2ccc(-c3ccccc3)cc2)c2ccccc12. The number of hydrogen-bond donors (Lipinski definition) is 0. The van der Waals surface area contributed by atoms with Gasteiger partial charge in [-0.15, -0.1) is 0 Å². The molecule has 0 aliphatic heterocycles. The topological polar surface area (TPSA) is 17.1 Å². The fourth-order valence-electron chi connectivity index (χ4n) is 3.60. The van der Waals surface area contributed by atoms with Crippen LogP contribution in [0.25, 0.3) is 36.2 Å². The molecule has 0 saturated heterocycles. The Kier molecular flexibility index (Phi) is 3.84. The molecule has 1 heterocycles. The highest BCUT2D eigenvalue weighted by molar-refractivity contribution is 7.49. The molecule has 0 N–H and O–H groups in total. The summed E-state index contributed by atoms with van der Waals surface area (Å²) in [7, 11) is -0.264. The van der Waals surface area contributed by atoms with Crippen molar-refractivity contribution in [1.29, 1.82) is 0 Å². The Morgan fingerprint density at radius 3 is 1.56 bits per heavy atom. The van der Waals surface area contributed by atoms with Crippen molar-refractivity contribution in [3.8, 4) is 16.0 Å². The average molecular weight is 365 g/mol. The molecule has 27 heavy (non-hydrogen) atoms. The Labute approximate surface area is 160 Å². The molecule has 1 aromatic heterocycles. The first-order valence-corrected chi connectivity index (χ1v) is 10.2. The van der Waals surface area contributed by atoms with Crippen LogP contribution in [-0.4, -0.2) is 0 Å². The maximum absolute atomic E-state index is 12.9. The van der Waals surface area contributed by atoms with Crippen LogP contribution in [0.15, 0.2) is 108 Å². The van der Waals surface area contributed by atoms with Crippen molar-refractivity contribution in [3.05, 3.63) is 113 Å². The summed E-state index contributed by atoms with van der Waals surface area (Å²) < 4.78 is 2.24. The van der Waals surface area contributed by atoms with E-state index in [1.54, 1.807) is 0 Å². The third kappa shape index (κ3) is 2.66. The zero-order valence-electron chi connectivity index (χ0n) is 14.6. The lowest BCUT2D eigenvalue weighted by molar-refractivity contribution is 1.63. The fourth-order valence-corrected chi connectivity index (χ4v) is 5.94. The summed E-state index contributed by atoms with van der Waals surface area (Å²) in [5.41, 5.74) is 2.55. The van der Waals surface area contributed by atoms with Gasteiger partial charge in [-0.25, -0.2) is 0 Å². The fraction of sp³-hybridized carbons (Fsp3) is 0. The highest BCUT2D eigenvalue weighted by Gasteiger charge is 2.22. The van der Waals surface area contributed by atoms with Crippen molar-refractivity contribution in [1.82, 2.24) is 0 Å². The molecule has 0 saturated carbocycles. The molecule has 0 amide bonds. The lowest BCUT2D eigenvalue weighted by Gasteiger charge is -2.04. The lowest BCUT2D eigenvalue weighted by atomic mass is 10.1. The molecule has 0 bridgehead atoms. The smallest absolute Gasteiger partial charge is 0.203 e. The van der Waals surface area contributed by atoms with Gasteiger partial charge in [0.15, 0.2) is 14.3 Å². The molecule has 0 spiro atoms. The highest BCUT2D eigenvalue weighted by Crippen LogP contribution is 2.43. The van der Waals surface area contributed by atoms with Gasteiger partial charge in [0, 0.05) is 10.5 Å². The molecule has 1 nitrogen and oxygen atoms in total. The van der Waals surface area contributed by atoms with Crippen molar-refractivity contribution < 1.29 is 0 Å². The van der Waals surface area contributed by atoms with Crippen molar-refractivity contribution in [2.45, 2.75) is 0 Å². The first-order chi connectivity index (χ1) is 13.3. The van der Waals surface area contributed by atoms with Crippen molar-refractivity contribution >= 4 is 30.6 Å². The zero-order valence-corrected chi connectivity index (χ0v) is 15.4. The van der Waals surface area contributed by atoms with E-state index in [4.69, 9.17) is 0 Å². The van der Waals surface area contributed by atoms with Gasteiger partial charge < -0.3 is 0 Å². The van der Waals surface area contributed by atoms with Crippen LogP contribution >= 0.6 is 10.5 Å². The Hall–Kier alpha value is -3.23. The second-order valence-corrected chi connectivity index (χ2v) is 8.48. The van der Waals surface area contributed by atoms with Crippen LogP contribution in [0.1, 0.15) is 0 Å². The van der Waals surface area contributed by atoms with Crippen molar-refractivity contribution in [2.24, 2.45) is 0 Å². The third-order valence-electron chi connectivity index (χ3n) is 4.90. The first-order valence-electron chi connectivity index (χ1n) is 8.95. The van der Waals surface area contributed by atoms with Gasteiger partial charge in [0.05, 0.1) is 10.8 Å². The largest absolute Gasteiger partial charge is 0.288 e. The Morgan fingerprint density at radius 1 is 0.481 bits per heavy atom. The van der Waals surface area contributed by atoms with E-state index in [0.29, 0.717) is 0 Å². The van der Waals surface area contributed by atoms with Crippen LogP contribution in [0.5, 0.6) is 0 Å². The number of hydrogen-bond acceptors (Lipinski definition) is 1. The third-order valence-corrected chi connectivity index (χ3v) is 7.24. The van der Waals surface area contributed by atoms with Gasteiger partial charge in [-0.3, -0.25) is 4.79 Å². The van der Waals surface area contributed by atoms with E-state index < -0.39 is 0 Å². The predicted molar refractivity (Wildman–Crippen MR) is 117 cm³/mol. The standard InChI is InChI=1S/C25H17OS/c26-25-21-10-4-6-12-23(21)27(24-13-7-5-11-22(24)25)20-16-14-19(15-17-20)18-8-2-1-3-9-18/h1-17H/q+1. The molecule has 0 radical (unpaired) electrons. The van der Waals surface area contributed by atoms with E-state index in [1.807, 2.05) is 42.5 Å². The van der Waals surface area contributed by atoms with Gasteiger partial charge in [-0.1, -0.05) is 54.6 Å². The minimum absolute atomic E-state index is 0.130. The second kappa shape index (κ2) is 6.49. The average Bonchev–Trinajstić information content (AvgIpc) is 2.75. The molecule has 0 aliphatic rings. The quantitative estimate of drug-likeness (QED) is 0.249. The van der Waals surface area contributed by atoms with Gasteiger partial charge in [-0.05, 0) is 59.7 Å². The van der Waals surface area contributed by atoms with Gasteiger partial charge in [-0.2, -0.15) is 0 Å². The minimum atomic E-state index is -0.264. The first kappa shape index (κ1) is 16.0. The van der Waals surface area contributed by atoms with E-state index >= 15 is 0 Å². The van der Waals surface area contributed by atoms with Crippen LogP contribution in [0.4, 0.5) is 0 Å². The second-order valence-electron chi connectivity index (χ2n) is 6.52. The van der Waals surface area contributed by atoms with E-state index in [9.17, 15) is 4.79 Å². The van der Waals surface area contributed by atoms with Gasteiger partial charge in [0.25, 0.3) is 0 Å². The zero-order chi connectivity index (χ0) is 18.2. The maximum atomic E-state index is 12.9. The Bertz CT molecular complexity index is 1260. The monoisotopic (exact) mass is 365 g/mol. The molecule has 5 rings (SSSR count). The molecular weight excluding hydrogens is 348 g/mol. The van der Waals surface area contributed by atoms with E-state index in [0.717, 1.165) is 20.2 Å². The molecular formula is C25H17OS+. The normalized spacial score (nSPS) is 11.1. The minimum Gasteiger partial charge on any atom is -0.288 e. The molecule has 4 aromatic carbocycles. The number of rotatable bonds is 2. The van der Waals surface area contributed by atoms with Crippen LogP contribution < -0.4 is 5.43 Å². The summed E-state index contributed by atoms with van der Waals surface area (Å²) in [6.07, 6.45) is 0. The molecule has 128 valence electrons. The maximum Gasteiger partial charge on any atom is 0.203 e. The summed E-state index contributed by atoms with van der Waals surface area (Å²) >= 11 is 0. The molecule has 0 atom stereocenters. The van der Waals surface area contributed by atoms with E-state index in [2.05, 4.69) is 60.7 Å². The molecule has 5 aromatic rings. The summed E-state index contributed by atoms with van der Waals surface area (Å²) in [6, 6.07) is 35.2. The van der Waals surface area contributed by atoms with Crippen LogP contribution in [-0.2, 0) is 0 Å². The summed E-state index contributed by atoms with van der Waals surface area (Å²) in [6.45, 7) is 0. The molecule has 2 heteroatoms. The van der Waals surface area contributed by atoms with Gasteiger partial charge in [0.1, 0.15) is 0 Å². The predicted octanol–water partition coefficient (Wildman–Crippen LogP) is 6.76. The number of benzene rings is 4. The Morgan fingerprint density at radius 2 is 0.963 bits per heavy atom. The molecule has 0 unspecified atom stereocenters. The number of fused-ring (bicyclic) bond motifs is 2. The molecule has 0 aliphatic carbocycles. The van der Waals surface area contributed by atoms with E-state index in [1.165, 1.54) is 16.0 Å². The summed E-state index contributed by atoms with van der Waals surface area (Å²) in [4.78, 5) is 14.2. The van der Waals surface area contributed by atoms with Crippen molar-refractivity contribution in [3.63, 3.8) is 0 Å². The van der Waals surface area contributed by atoms with E-state index in [-0.39, 0.29) is 15.9 Å². The van der Waals surface area contributed by atoms with Crippen LogP contribution in [0.2, 0.25) is 0 Å². The lowest BCUT2D eigenvalue weighted by Crippen LogP contribution is -2.01. The molecule has 0 fully saturated rings. The van der Waals surface area contributed by atoms with Gasteiger partial charge >= 0.3 is 0 Å². The summed E-state index contributed by atoms with van der Waals surface area (Å²) in [5, 5.41) is 1.65. The van der Waals surface area contributed by atoms with Gasteiger partial charge in [0.2, 0.25) is 5.43 Å². The van der Waals surface area contributed by atoms with Crippen molar-refractivity contribution in [2.75, 3.05) is 0 Å². The highest BCUT2D eigenvalue weighted by atomic mass is 32.2. The van der Waals surface area contributed by atoms with Crippen LogP contribution in [0, 0.1) is 0 Å².